The van der Waals surface area contributed by atoms with Gasteiger partial charge >= 0.3 is 17.6 Å². The quantitative estimate of drug-likeness (QED) is 0.173. The first-order valence-electron chi connectivity index (χ1n) is 11.2. The molecule has 0 unspecified atom stereocenters. The molecule has 188 valence electrons. The Kier molecular flexibility index (Phi) is 7.81. The number of ether oxygens (including phenoxy) is 2. The maximum absolute atomic E-state index is 12.6. The SMILES string of the molecule is CCOC(=O)c1sc(N/C=C(/C#N)c2nc(-c3cc4ccccc4oc3=O)cs2)c(C(=O)OCC)c1C. The predicted molar refractivity (Wildman–Crippen MR) is 142 cm³/mol. The molecule has 0 atom stereocenters. The number of anilines is 1. The number of esters is 2. The lowest BCUT2D eigenvalue weighted by atomic mass is 10.1. The van der Waals surface area contributed by atoms with Crippen LogP contribution in [0.2, 0.25) is 0 Å². The highest BCUT2D eigenvalue weighted by atomic mass is 32.1. The Morgan fingerprint density at radius 1 is 1.19 bits per heavy atom. The molecule has 3 aromatic heterocycles. The number of hydrogen-bond donors (Lipinski definition) is 1. The van der Waals surface area contributed by atoms with Crippen LogP contribution < -0.4 is 10.9 Å². The largest absolute Gasteiger partial charge is 0.462 e. The summed E-state index contributed by atoms with van der Waals surface area (Å²) in [6.07, 6.45) is 1.40. The summed E-state index contributed by atoms with van der Waals surface area (Å²) in [6.45, 7) is 5.36. The first-order valence-corrected chi connectivity index (χ1v) is 12.9. The molecule has 0 saturated carbocycles. The molecule has 0 spiro atoms. The number of hydrogen-bond acceptors (Lipinski definition) is 11. The molecule has 0 aliphatic rings. The highest BCUT2D eigenvalue weighted by molar-refractivity contribution is 7.18. The predicted octanol–water partition coefficient (Wildman–Crippen LogP) is 5.62. The first kappa shape index (κ1) is 25.8. The van der Waals surface area contributed by atoms with Crippen LogP contribution in [0.3, 0.4) is 0 Å². The van der Waals surface area contributed by atoms with Gasteiger partial charge in [-0.05, 0) is 38.5 Å². The van der Waals surface area contributed by atoms with Crippen LogP contribution in [0.4, 0.5) is 5.00 Å². The zero-order chi connectivity index (χ0) is 26.5. The van der Waals surface area contributed by atoms with E-state index in [0.717, 1.165) is 16.7 Å². The monoisotopic (exact) mass is 535 g/mol. The molecule has 4 rings (SSSR count). The van der Waals surface area contributed by atoms with E-state index in [0.29, 0.717) is 26.8 Å². The summed E-state index contributed by atoms with van der Waals surface area (Å²) in [4.78, 5) is 42.2. The van der Waals surface area contributed by atoms with E-state index in [4.69, 9.17) is 13.9 Å². The van der Waals surface area contributed by atoms with Gasteiger partial charge in [0.2, 0.25) is 0 Å². The number of nitrogens with one attached hydrogen (secondary N) is 1. The molecule has 37 heavy (non-hydrogen) atoms. The third-order valence-corrected chi connectivity index (χ3v) is 7.29. The van der Waals surface area contributed by atoms with Crippen LogP contribution in [0.15, 0.2) is 51.1 Å². The summed E-state index contributed by atoms with van der Waals surface area (Å²) >= 11 is 2.21. The Bertz CT molecular complexity index is 1620. The summed E-state index contributed by atoms with van der Waals surface area (Å²) in [5.41, 5.74) is 1.39. The lowest BCUT2D eigenvalue weighted by Crippen LogP contribution is -2.09. The highest BCUT2D eigenvalue weighted by Crippen LogP contribution is 2.35. The Morgan fingerprint density at radius 2 is 1.92 bits per heavy atom. The molecule has 0 aliphatic carbocycles. The van der Waals surface area contributed by atoms with Crippen molar-refractivity contribution in [1.29, 1.82) is 5.26 Å². The number of thiophene rings is 1. The van der Waals surface area contributed by atoms with Crippen LogP contribution in [0, 0.1) is 18.3 Å². The summed E-state index contributed by atoms with van der Waals surface area (Å²) in [5, 5.41) is 15.8. The number of nitriles is 1. The van der Waals surface area contributed by atoms with E-state index < -0.39 is 17.6 Å². The molecule has 1 N–H and O–H groups in total. The standard InChI is InChI=1S/C26H21N3O6S2/c1-4-33-25(31)20-14(3)21(26(32)34-5-2)37-23(20)28-12-16(11-27)22-29-18(13-36-22)17-10-15-8-6-7-9-19(15)35-24(17)30/h6-10,12-13,28H,4-5H2,1-3H3/b16-12-. The number of rotatable bonds is 8. The van der Waals surface area contributed by atoms with Gasteiger partial charge in [0.1, 0.15) is 32.1 Å². The normalized spacial score (nSPS) is 11.2. The molecule has 0 aliphatic heterocycles. The van der Waals surface area contributed by atoms with Crippen LogP contribution in [0.5, 0.6) is 0 Å². The second kappa shape index (κ2) is 11.2. The molecule has 11 heteroatoms. The van der Waals surface area contributed by atoms with Crippen LogP contribution in [0.25, 0.3) is 27.8 Å². The van der Waals surface area contributed by atoms with Crippen molar-refractivity contribution in [2.45, 2.75) is 20.8 Å². The van der Waals surface area contributed by atoms with Crippen LogP contribution in [0.1, 0.15) is 44.4 Å². The average Bonchev–Trinajstić information content (AvgIpc) is 3.49. The second-order valence-electron chi connectivity index (χ2n) is 7.54. The molecule has 0 saturated heterocycles. The van der Waals surface area contributed by atoms with Crippen molar-refractivity contribution in [3.8, 4) is 17.3 Å². The molecule has 0 radical (unpaired) electrons. The van der Waals surface area contributed by atoms with E-state index in [2.05, 4.69) is 16.4 Å². The van der Waals surface area contributed by atoms with Crippen molar-refractivity contribution in [3.63, 3.8) is 0 Å². The second-order valence-corrected chi connectivity index (χ2v) is 9.42. The molecule has 9 nitrogen and oxygen atoms in total. The molecule has 0 amide bonds. The Hall–Kier alpha value is -4.27. The van der Waals surface area contributed by atoms with Crippen molar-refractivity contribution in [3.05, 3.63) is 73.3 Å². The fourth-order valence-corrected chi connectivity index (χ4v) is 5.34. The van der Waals surface area contributed by atoms with Crippen molar-refractivity contribution >= 4 is 56.2 Å². The van der Waals surface area contributed by atoms with Gasteiger partial charge in [-0.1, -0.05) is 18.2 Å². The van der Waals surface area contributed by atoms with Gasteiger partial charge in [-0.3, -0.25) is 0 Å². The first-order chi connectivity index (χ1) is 17.9. The third kappa shape index (κ3) is 5.30. The summed E-state index contributed by atoms with van der Waals surface area (Å²) in [5.74, 6) is -1.15. The maximum atomic E-state index is 12.6. The fourth-order valence-electron chi connectivity index (χ4n) is 3.50. The van der Waals surface area contributed by atoms with Crippen molar-refractivity contribution < 1.29 is 23.5 Å². The lowest BCUT2D eigenvalue weighted by molar-refractivity contribution is 0.0527. The summed E-state index contributed by atoms with van der Waals surface area (Å²) in [6, 6.07) is 10.9. The Morgan fingerprint density at radius 3 is 2.65 bits per heavy atom. The van der Waals surface area contributed by atoms with Crippen molar-refractivity contribution in [2.24, 2.45) is 0 Å². The molecule has 0 bridgehead atoms. The molecular formula is C26H21N3O6S2. The van der Waals surface area contributed by atoms with E-state index in [9.17, 15) is 19.6 Å². The molecule has 0 fully saturated rings. The fraction of sp³-hybridized carbons (Fsp3) is 0.192. The van der Waals surface area contributed by atoms with Crippen LogP contribution >= 0.6 is 22.7 Å². The minimum atomic E-state index is -0.597. The van der Waals surface area contributed by atoms with Gasteiger partial charge in [-0.15, -0.1) is 22.7 Å². The van der Waals surface area contributed by atoms with Crippen LogP contribution in [-0.2, 0) is 9.47 Å². The third-order valence-electron chi connectivity index (χ3n) is 5.21. The minimum absolute atomic E-state index is 0.159. The van der Waals surface area contributed by atoms with E-state index in [1.165, 1.54) is 17.5 Å². The van der Waals surface area contributed by atoms with Gasteiger partial charge < -0.3 is 19.2 Å². The molecule has 3 heterocycles. The molecule has 4 aromatic rings. The average molecular weight is 536 g/mol. The van der Waals surface area contributed by atoms with Crippen molar-refractivity contribution in [2.75, 3.05) is 18.5 Å². The van der Waals surface area contributed by atoms with Gasteiger partial charge in [0.25, 0.3) is 0 Å². The number of carbonyl (C=O) groups excluding carboxylic acids is 2. The maximum Gasteiger partial charge on any atom is 0.348 e. The van der Waals surface area contributed by atoms with Gasteiger partial charge in [0, 0.05) is 17.0 Å². The smallest absolute Gasteiger partial charge is 0.348 e. The van der Waals surface area contributed by atoms with E-state index in [1.807, 2.05) is 12.1 Å². The molecule has 1 aromatic carbocycles. The topological polar surface area (TPSA) is 132 Å². The Labute approximate surface area is 219 Å². The number of nitrogens with zero attached hydrogens (tertiary/aromatic N) is 2. The minimum Gasteiger partial charge on any atom is -0.462 e. The number of thiazole rings is 1. The van der Waals surface area contributed by atoms with Gasteiger partial charge in [-0.25, -0.2) is 19.4 Å². The van der Waals surface area contributed by atoms with E-state index in [-0.39, 0.29) is 34.8 Å². The van der Waals surface area contributed by atoms with Crippen LogP contribution in [-0.4, -0.2) is 30.1 Å². The van der Waals surface area contributed by atoms with Gasteiger partial charge in [-0.2, -0.15) is 5.26 Å². The highest BCUT2D eigenvalue weighted by Gasteiger charge is 2.26. The number of allylic oxidation sites excluding steroid dienone is 1. The number of carbonyl (C=O) groups is 2. The van der Waals surface area contributed by atoms with Gasteiger partial charge in [0.05, 0.1) is 30.0 Å². The molecular weight excluding hydrogens is 514 g/mol. The zero-order valence-electron chi connectivity index (χ0n) is 20.1. The van der Waals surface area contributed by atoms with Gasteiger partial charge in [0.15, 0.2) is 0 Å². The Balaban J connectivity index is 1.67. The number of fused-ring (bicyclic) bond motifs is 1. The number of aromatic nitrogens is 1. The number of para-hydroxylation sites is 1. The van der Waals surface area contributed by atoms with Crippen molar-refractivity contribution in [1.82, 2.24) is 4.98 Å². The zero-order valence-corrected chi connectivity index (χ0v) is 21.7. The lowest BCUT2D eigenvalue weighted by Gasteiger charge is -2.05. The number of benzene rings is 1. The summed E-state index contributed by atoms with van der Waals surface area (Å²) in [7, 11) is 0. The summed E-state index contributed by atoms with van der Waals surface area (Å²) < 4.78 is 15.6. The van der Waals surface area contributed by atoms with E-state index in [1.54, 1.807) is 44.4 Å². The van der Waals surface area contributed by atoms with E-state index >= 15 is 0 Å².